The van der Waals surface area contributed by atoms with Crippen molar-refractivity contribution in [2.45, 2.75) is 46.5 Å². The third-order valence-electron chi connectivity index (χ3n) is 4.75. The van der Waals surface area contributed by atoms with Crippen LogP contribution in [0.5, 0.6) is 0 Å². The molecule has 0 aliphatic heterocycles. The third-order valence-corrected chi connectivity index (χ3v) is 4.75. The van der Waals surface area contributed by atoms with Gasteiger partial charge in [0.1, 0.15) is 0 Å². The molecule has 0 amide bonds. The minimum absolute atomic E-state index is 0.302. The molecular weight excluding hydrogens is 246 g/mol. The van der Waals surface area contributed by atoms with Gasteiger partial charge in [0.25, 0.3) is 0 Å². The largest absolute Gasteiger partial charge is 0.361 e. The average molecular weight is 271 g/mol. The molecule has 0 bridgehead atoms. The van der Waals surface area contributed by atoms with Crippen molar-refractivity contribution in [1.82, 2.24) is 0 Å². The molecule has 1 aliphatic rings. The summed E-state index contributed by atoms with van der Waals surface area (Å²) in [4.78, 5) is 12.1. The second-order valence-electron chi connectivity index (χ2n) is 6.38. The fraction of sp³-hybridized carbons (Fsp3) is 0.500. The first-order valence-electron chi connectivity index (χ1n) is 7.57. The van der Waals surface area contributed by atoms with Gasteiger partial charge in [0.2, 0.25) is 0 Å². The first-order chi connectivity index (χ1) is 9.53. The van der Waals surface area contributed by atoms with E-state index in [9.17, 15) is 4.79 Å². The summed E-state index contributed by atoms with van der Waals surface area (Å²) < 4.78 is 0. The number of para-hydroxylation sites is 1. The van der Waals surface area contributed by atoms with Crippen LogP contribution < -0.4 is 5.32 Å². The predicted octanol–water partition coefficient (Wildman–Crippen LogP) is 4.79. The van der Waals surface area contributed by atoms with Gasteiger partial charge in [-0.25, -0.2) is 0 Å². The molecule has 0 radical (unpaired) electrons. The summed E-state index contributed by atoms with van der Waals surface area (Å²) in [6.07, 6.45) is 5.69. The van der Waals surface area contributed by atoms with Crippen LogP contribution in [0.1, 0.15) is 46.5 Å². The number of hydrogen-bond acceptors (Lipinski definition) is 2. The molecular formula is C18H25NO. The van der Waals surface area contributed by atoms with Crippen LogP contribution in [0, 0.1) is 11.3 Å². The molecule has 2 heteroatoms. The van der Waals surface area contributed by atoms with Gasteiger partial charge in [-0.2, -0.15) is 0 Å². The summed E-state index contributed by atoms with van der Waals surface area (Å²) in [6, 6.07) is 10.00. The lowest BCUT2D eigenvalue weighted by atomic mass is 9.68. The minimum atomic E-state index is 0.302. The lowest BCUT2D eigenvalue weighted by molar-refractivity contribution is -0.117. The number of Topliss-reactive ketones (excluding diaryl/α,β-unsaturated/α-hetero) is 1. The van der Waals surface area contributed by atoms with Gasteiger partial charge < -0.3 is 5.32 Å². The number of ketones is 1. The minimum Gasteiger partial charge on any atom is -0.361 e. The third kappa shape index (κ3) is 3.50. The molecule has 108 valence electrons. The lowest BCUT2D eigenvalue weighted by Crippen LogP contribution is -2.29. The van der Waals surface area contributed by atoms with E-state index in [0.717, 1.165) is 30.5 Å². The van der Waals surface area contributed by atoms with Crippen LogP contribution in [0.25, 0.3) is 0 Å². The summed E-state index contributed by atoms with van der Waals surface area (Å²) in [5.41, 5.74) is 2.29. The smallest absolute Gasteiger partial charge is 0.160 e. The normalized spacial score (nSPS) is 22.1. The number of nitrogens with one attached hydrogen (secondary N) is 1. The molecule has 0 aromatic heterocycles. The first kappa shape index (κ1) is 14.8. The van der Waals surface area contributed by atoms with Crippen molar-refractivity contribution in [2.24, 2.45) is 11.3 Å². The molecule has 2 rings (SSSR count). The van der Waals surface area contributed by atoms with Crippen molar-refractivity contribution in [3.8, 4) is 0 Å². The maximum absolute atomic E-state index is 12.1. The number of benzene rings is 1. The molecule has 2 nitrogen and oxygen atoms in total. The lowest BCUT2D eigenvalue weighted by Gasteiger charge is -2.36. The van der Waals surface area contributed by atoms with Crippen molar-refractivity contribution >= 4 is 11.5 Å². The number of allylic oxidation sites excluding steroid dienone is 1. The number of anilines is 1. The highest BCUT2D eigenvalue weighted by Gasteiger charge is 2.33. The fourth-order valence-corrected chi connectivity index (χ4v) is 2.75. The zero-order chi connectivity index (χ0) is 14.6. The molecule has 1 N–H and O–H groups in total. The quantitative estimate of drug-likeness (QED) is 0.798. The number of hydrogen-bond donors (Lipinski definition) is 1. The molecule has 0 unspecified atom stereocenters. The zero-order valence-corrected chi connectivity index (χ0v) is 12.8. The second-order valence-corrected chi connectivity index (χ2v) is 6.38. The molecule has 1 atom stereocenters. The van der Waals surface area contributed by atoms with Crippen molar-refractivity contribution in [3.05, 3.63) is 42.1 Å². The topological polar surface area (TPSA) is 29.1 Å². The summed E-state index contributed by atoms with van der Waals surface area (Å²) in [5.74, 6) is 0.908. The van der Waals surface area contributed by atoms with E-state index in [2.05, 4.69) is 26.1 Å². The van der Waals surface area contributed by atoms with Crippen LogP contribution in [0.15, 0.2) is 42.1 Å². The van der Waals surface area contributed by atoms with Crippen LogP contribution in [0.4, 0.5) is 5.69 Å². The molecule has 1 fully saturated rings. The SMILES string of the molecule is CCC(C)(C)[C@H]1CCC(=O)/C(=C/Nc2ccccc2)C1. The molecule has 1 aromatic rings. The Morgan fingerprint density at radius 1 is 1.30 bits per heavy atom. The van der Waals surface area contributed by atoms with E-state index in [1.807, 2.05) is 36.5 Å². The second kappa shape index (κ2) is 6.25. The first-order valence-corrected chi connectivity index (χ1v) is 7.57. The van der Waals surface area contributed by atoms with Gasteiger partial charge in [0.05, 0.1) is 0 Å². The summed E-state index contributed by atoms with van der Waals surface area (Å²) in [7, 11) is 0. The van der Waals surface area contributed by atoms with Crippen molar-refractivity contribution in [2.75, 3.05) is 5.32 Å². The highest BCUT2D eigenvalue weighted by molar-refractivity contribution is 5.96. The molecule has 0 spiro atoms. The van der Waals surface area contributed by atoms with E-state index >= 15 is 0 Å². The predicted molar refractivity (Wildman–Crippen MR) is 84.6 cm³/mol. The maximum Gasteiger partial charge on any atom is 0.160 e. The van der Waals surface area contributed by atoms with Crippen LogP contribution in [0.2, 0.25) is 0 Å². The Labute approximate surface area is 122 Å². The van der Waals surface area contributed by atoms with E-state index in [1.165, 1.54) is 0 Å². The Balaban J connectivity index is 2.07. The molecule has 0 saturated heterocycles. The summed E-state index contributed by atoms with van der Waals surface area (Å²) in [6.45, 7) is 6.87. The number of rotatable bonds is 4. The maximum atomic E-state index is 12.1. The van der Waals surface area contributed by atoms with Gasteiger partial charge in [-0.15, -0.1) is 0 Å². The Hall–Kier alpha value is -1.57. The fourth-order valence-electron chi connectivity index (χ4n) is 2.75. The van der Waals surface area contributed by atoms with E-state index < -0.39 is 0 Å². The highest BCUT2D eigenvalue weighted by Crippen LogP contribution is 2.41. The molecule has 1 aliphatic carbocycles. The zero-order valence-electron chi connectivity index (χ0n) is 12.8. The summed E-state index contributed by atoms with van der Waals surface area (Å²) in [5, 5.41) is 3.25. The Morgan fingerprint density at radius 3 is 2.65 bits per heavy atom. The number of carbonyl (C=O) groups excluding carboxylic acids is 1. The van der Waals surface area contributed by atoms with E-state index in [-0.39, 0.29) is 0 Å². The average Bonchev–Trinajstić information content (AvgIpc) is 2.47. The van der Waals surface area contributed by atoms with Crippen LogP contribution in [0.3, 0.4) is 0 Å². The number of carbonyl (C=O) groups is 1. The monoisotopic (exact) mass is 271 g/mol. The van der Waals surface area contributed by atoms with Crippen LogP contribution in [-0.2, 0) is 4.79 Å². The summed E-state index contributed by atoms with van der Waals surface area (Å²) >= 11 is 0. The van der Waals surface area contributed by atoms with Crippen molar-refractivity contribution < 1.29 is 4.79 Å². The Kier molecular flexibility index (Phi) is 4.64. The van der Waals surface area contributed by atoms with Gasteiger partial charge in [0, 0.05) is 23.9 Å². The van der Waals surface area contributed by atoms with E-state index in [0.29, 0.717) is 23.5 Å². The molecule has 0 heterocycles. The Morgan fingerprint density at radius 2 is 2.00 bits per heavy atom. The van der Waals surface area contributed by atoms with Crippen LogP contribution >= 0.6 is 0 Å². The molecule has 20 heavy (non-hydrogen) atoms. The molecule has 1 aromatic carbocycles. The van der Waals surface area contributed by atoms with E-state index in [1.54, 1.807) is 0 Å². The van der Waals surface area contributed by atoms with Gasteiger partial charge in [0.15, 0.2) is 5.78 Å². The van der Waals surface area contributed by atoms with Gasteiger partial charge >= 0.3 is 0 Å². The van der Waals surface area contributed by atoms with Gasteiger partial charge in [-0.1, -0.05) is 45.4 Å². The molecule has 1 saturated carbocycles. The highest BCUT2D eigenvalue weighted by atomic mass is 16.1. The standard InChI is InChI=1S/C18H25NO/c1-4-18(2,3)15-10-11-17(20)14(12-15)13-19-16-8-6-5-7-9-16/h5-9,13,15,19H,4,10-12H2,1-3H3/b14-13+/t15-/m0/s1. The van der Waals surface area contributed by atoms with Gasteiger partial charge in [-0.05, 0) is 36.3 Å². The van der Waals surface area contributed by atoms with E-state index in [4.69, 9.17) is 0 Å². The van der Waals surface area contributed by atoms with Crippen LogP contribution in [-0.4, -0.2) is 5.78 Å². The Bertz CT molecular complexity index is 487. The van der Waals surface area contributed by atoms with Gasteiger partial charge in [-0.3, -0.25) is 4.79 Å². The van der Waals surface area contributed by atoms with Crippen molar-refractivity contribution in [1.29, 1.82) is 0 Å². The van der Waals surface area contributed by atoms with Crippen molar-refractivity contribution in [3.63, 3.8) is 0 Å².